The van der Waals surface area contributed by atoms with Gasteiger partial charge in [-0.2, -0.15) is 13.2 Å². The monoisotopic (exact) mass is 319 g/mol. The first-order valence-corrected chi connectivity index (χ1v) is 5.81. The van der Waals surface area contributed by atoms with Gasteiger partial charge in [0, 0.05) is 5.69 Å². The van der Waals surface area contributed by atoms with Gasteiger partial charge in [-0.15, -0.1) is 0 Å². The first-order valence-electron chi connectivity index (χ1n) is 5.81. The Kier molecular flexibility index (Phi) is 4.11. The number of nitrogens with one attached hydrogen (secondary N) is 1. The summed E-state index contributed by atoms with van der Waals surface area (Å²) in [5, 5.41) is 1.95. The van der Waals surface area contributed by atoms with Gasteiger partial charge in [0.2, 0.25) is 0 Å². The SMILES string of the molecule is O=C(Nc1ccc(F)c(C(F)(F)F)c1)c1cc(F)ccc1F. The molecule has 0 aliphatic heterocycles. The molecule has 2 rings (SSSR count). The molecule has 0 aliphatic rings. The van der Waals surface area contributed by atoms with Crippen LogP contribution in [0.2, 0.25) is 0 Å². The highest BCUT2D eigenvalue weighted by molar-refractivity contribution is 6.04. The van der Waals surface area contributed by atoms with E-state index in [0.717, 1.165) is 12.1 Å². The molecular weight excluding hydrogens is 312 g/mol. The number of alkyl halides is 3. The van der Waals surface area contributed by atoms with E-state index < -0.39 is 46.3 Å². The molecule has 0 heterocycles. The first-order chi connectivity index (χ1) is 10.2. The summed E-state index contributed by atoms with van der Waals surface area (Å²) in [4.78, 5) is 11.7. The lowest BCUT2D eigenvalue weighted by Gasteiger charge is -2.11. The second kappa shape index (κ2) is 5.70. The molecule has 0 unspecified atom stereocenters. The molecule has 1 amide bonds. The molecule has 0 aromatic heterocycles. The lowest BCUT2D eigenvalue weighted by atomic mass is 10.1. The van der Waals surface area contributed by atoms with E-state index in [0.29, 0.717) is 24.3 Å². The van der Waals surface area contributed by atoms with E-state index in [1.54, 1.807) is 0 Å². The van der Waals surface area contributed by atoms with Crippen LogP contribution in [0.15, 0.2) is 36.4 Å². The van der Waals surface area contributed by atoms with Crippen LogP contribution in [0.3, 0.4) is 0 Å². The zero-order chi connectivity index (χ0) is 16.5. The zero-order valence-electron chi connectivity index (χ0n) is 10.6. The summed E-state index contributed by atoms with van der Waals surface area (Å²) in [6, 6.07) is 3.84. The first kappa shape index (κ1) is 15.9. The number of hydrogen-bond donors (Lipinski definition) is 1. The van der Waals surface area contributed by atoms with Crippen molar-refractivity contribution in [2.24, 2.45) is 0 Å². The summed E-state index contributed by atoms with van der Waals surface area (Å²) in [5.41, 5.74) is -2.66. The number of halogens is 6. The summed E-state index contributed by atoms with van der Waals surface area (Å²) in [5.74, 6) is -4.60. The van der Waals surface area contributed by atoms with Gasteiger partial charge in [-0.1, -0.05) is 0 Å². The predicted molar refractivity (Wildman–Crippen MR) is 65.7 cm³/mol. The van der Waals surface area contributed by atoms with Crippen molar-refractivity contribution < 1.29 is 31.1 Å². The molecular formula is C14H7F6NO. The van der Waals surface area contributed by atoms with E-state index in [1.807, 2.05) is 5.32 Å². The van der Waals surface area contributed by atoms with Crippen LogP contribution in [0.25, 0.3) is 0 Å². The zero-order valence-corrected chi connectivity index (χ0v) is 10.6. The van der Waals surface area contributed by atoms with E-state index in [9.17, 15) is 31.1 Å². The maximum Gasteiger partial charge on any atom is 0.419 e. The number of anilines is 1. The smallest absolute Gasteiger partial charge is 0.322 e. The Labute approximate surface area is 120 Å². The van der Waals surface area contributed by atoms with Gasteiger partial charge in [0.1, 0.15) is 17.5 Å². The third kappa shape index (κ3) is 3.38. The van der Waals surface area contributed by atoms with Crippen LogP contribution in [-0.2, 0) is 6.18 Å². The van der Waals surface area contributed by atoms with Crippen LogP contribution < -0.4 is 5.32 Å². The van der Waals surface area contributed by atoms with E-state index in [2.05, 4.69) is 0 Å². The molecule has 2 aromatic carbocycles. The van der Waals surface area contributed by atoms with Crippen molar-refractivity contribution in [3.8, 4) is 0 Å². The number of rotatable bonds is 2. The highest BCUT2D eigenvalue weighted by Gasteiger charge is 2.34. The molecule has 0 aliphatic carbocycles. The van der Waals surface area contributed by atoms with E-state index in [-0.39, 0.29) is 0 Å². The summed E-state index contributed by atoms with van der Waals surface area (Å²) in [6.45, 7) is 0. The summed E-state index contributed by atoms with van der Waals surface area (Å²) in [7, 11) is 0. The van der Waals surface area contributed by atoms with Crippen molar-refractivity contribution in [2.45, 2.75) is 6.18 Å². The fraction of sp³-hybridized carbons (Fsp3) is 0.0714. The highest BCUT2D eigenvalue weighted by atomic mass is 19.4. The van der Waals surface area contributed by atoms with Crippen molar-refractivity contribution in [3.05, 3.63) is 65.0 Å². The minimum absolute atomic E-state index is 0.366. The maximum absolute atomic E-state index is 13.4. The van der Waals surface area contributed by atoms with Gasteiger partial charge in [-0.25, -0.2) is 13.2 Å². The van der Waals surface area contributed by atoms with Gasteiger partial charge in [-0.3, -0.25) is 4.79 Å². The van der Waals surface area contributed by atoms with E-state index in [1.165, 1.54) is 0 Å². The standard InChI is InChI=1S/C14H7F6NO/c15-7-1-3-11(16)9(5-7)13(22)21-8-2-4-12(17)10(6-8)14(18,19)20/h1-6H,(H,21,22). The second-order valence-electron chi connectivity index (χ2n) is 4.27. The Hall–Kier alpha value is -2.51. The quantitative estimate of drug-likeness (QED) is 0.818. The average Bonchev–Trinajstić information content (AvgIpc) is 2.42. The van der Waals surface area contributed by atoms with Crippen LogP contribution in [0, 0.1) is 17.5 Å². The van der Waals surface area contributed by atoms with Gasteiger partial charge >= 0.3 is 6.18 Å². The molecule has 22 heavy (non-hydrogen) atoms. The number of carbonyl (C=O) groups is 1. The molecule has 0 saturated heterocycles. The average molecular weight is 319 g/mol. The lowest BCUT2D eigenvalue weighted by molar-refractivity contribution is -0.139. The minimum atomic E-state index is -4.95. The fourth-order valence-corrected chi connectivity index (χ4v) is 1.69. The maximum atomic E-state index is 13.4. The normalized spacial score (nSPS) is 11.4. The fourth-order valence-electron chi connectivity index (χ4n) is 1.69. The van der Waals surface area contributed by atoms with Crippen LogP contribution in [0.5, 0.6) is 0 Å². The van der Waals surface area contributed by atoms with Crippen molar-refractivity contribution >= 4 is 11.6 Å². The van der Waals surface area contributed by atoms with Crippen LogP contribution in [0.4, 0.5) is 32.0 Å². The Bertz CT molecular complexity index is 726. The Morgan fingerprint density at radius 1 is 0.909 bits per heavy atom. The molecule has 0 atom stereocenters. The molecule has 0 radical (unpaired) electrons. The minimum Gasteiger partial charge on any atom is -0.322 e. The van der Waals surface area contributed by atoms with Gasteiger partial charge in [0.15, 0.2) is 0 Å². The van der Waals surface area contributed by atoms with Crippen molar-refractivity contribution in [2.75, 3.05) is 5.32 Å². The molecule has 8 heteroatoms. The van der Waals surface area contributed by atoms with Gasteiger partial charge in [0.05, 0.1) is 11.1 Å². The van der Waals surface area contributed by atoms with Crippen LogP contribution in [-0.4, -0.2) is 5.91 Å². The molecule has 0 saturated carbocycles. The van der Waals surface area contributed by atoms with Crippen molar-refractivity contribution in [1.82, 2.24) is 0 Å². The predicted octanol–water partition coefficient (Wildman–Crippen LogP) is 4.38. The molecule has 0 spiro atoms. The highest BCUT2D eigenvalue weighted by Crippen LogP contribution is 2.33. The number of carbonyl (C=O) groups excluding carboxylic acids is 1. The summed E-state index contributed by atoms with van der Waals surface area (Å²) in [6.07, 6.45) is -4.95. The topological polar surface area (TPSA) is 29.1 Å². The largest absolute Gasteiger partial charge is 0.419 e. The summed E-state index contributed by atoms with van der Waals surface area (Å²) >= 11 is 0. The lowest BCUT2D eigenvalue weighted by Crippen LogP contribution is -2.15. The van der Waals surface area contributed by atoms with Gasteiger partial charge in [-0.05, 0) is 36.4 Å². The summed E-state index contributed by atoms with van der Waals surface area (Å²) < 4.78 is 77.1. The molecule has 1 N–H and O–H groups in total. The van der Waals surface area contributed by atoms with Crippen LogP contribution in [0.1, 0.15) is 15.9 Å². The molecule has 0 fully saturated rings. The Morgan fingerprint density at radius 2 is 1.55 bits per heavy atom. The van der Waals surface area contributed by atoms with E-state index in [4.69, 9.17) is 0 Å². The molecule has 0 bridgehead atoms. The third-order valence-electron chi connectivity index (χ3n) is 2.70. The van der Waals surface area contributed by atoms with Crippen LogP contribution >= 0.6 is 0 Å². The number of amides is 1. The van der Waals surface area contributed by atoms with E-state index >= 15 is 0 Å². The van der Waals surface area contributed by atoms with Crippen molar-refractivity contribution in [3.63, 3.8) is 0 Å². The molecule has 116 valence electrons. The number of benzene rings is 2. The van der Waals surface area contributed by atoms with Gasteiger partial charge < -0.3 is 5.32 Å². The molecule has 2 nitrogen and oxygen atoms in total. The Balaban J connectivity index is 2.31. The third-order valence-corrected chi connectivity index (χ3v) is 2.70. The second-order valence-corrected chi connectivity index (χ2v) is 4.27. The Morgan fingerprint density at radius 3 is 2.18 bits per heavy atom. The van der Waals surface area contributed by atoms with Gasteiger partial charge in [0.25, 0.3) is 5.91 Å². The number of hydrogen-bond acceptors (Lipinski definition) is 1. The van der Waals surface area contributed by atoms with Crippen molar-refractivity contribution in [1.29, 1.82) is 0 Å². The molecule has 2 aromatic rings.